The number of aliphatic carboxylic acids is 1. The number of carboxylic acid groups (broad SMARTS) is 1. The Labute approximate surface area is 152 Å². The van der Waals surface area contributed by atoms with Gasteiger partial charge in [-0.15, -0.1) is 11.3 Å². The fraction of sp³-hybridized carbons (Fsp3) is 0.625. The maximum atomic E-state index is 12.7. The fourth-order valence-corrected chi connectivity index (χ4v) is 5.59. The molecule has 1 saturated heterocycles. The predicted octanol–water partition coefficient (Wildman–Crippen LogP) is 2.10. The molecule has 1 N–H and O–H groups in total. The van der Waals surface area contributed by atoms with Crippen LogP contribution in [0.15, 0.2) is 16.3 Å². The summed E-state index contributed by atoms with van der Waals surface area (Å²) in [6, 6.07) is 2.60. The van der Waals surface area contributed by atoms with Crippen molar-refractivity contribution in [3.63, 3.8) is 0 Å². The van der Waals surface area contributed by atoms with E-state index in [-0.39, 0.29) is 15.1 Å². The SMILES string of the molecule is CC1CCN(S(=O)(=O)c2ccc(C(=O)N(CC(=O)O)C(C)C)s2)CC1. The zero-order valence-corrected chi connectivity index (χ0v) is 16.3. The molecule has 1 aliphatic rings. The quantitative estimate of drug-likeness (QED) is 0.805. The first-order chi connectivity index (χ1) is 11.6. The Morgan fingerprint density at radius 1 is 1.32 bits per heavy atom. The Bertz CT molecular complexity index is 733. The Balaban J connectivity index is 2.20. The summed E-state index contributed by atoms with van der Waals surface area (Å²) in [5.41, 5.74) is 0. The standard InChI is InChI=1S/C16H24N2O5S2/c1-11(2)18(10-14(19)20)16(21)13-4-5-15(24-13)25(22,23)17-8-6-12(3)7-9-17/h4-5,11-12H,6-10H2,1-3H3,(H,19,20). The number of carboxylic acids is 1. The molecule has 2 rings (SSSR count). The number of thiophene rings is 1. The minimum absolute atomic E-state index is 0.129. The lowest BCUT2D eigenvalue weighted by Gasteiger charge is -2.28. The van der Waals surface area contributed by atoms with E-state index in [1.165, 1.54) is 21.3 Å². The molecule has 1 fully saturated rings. The van der Waals surface area contributed by atoms with Gasteiger partial charge in [0.1, 0.15) is 10.8 Å². The molecule has 1 aromatic heterocycles. The molecule has 0 aromatic carbocycles. The van der Waals surface area contributed by atoms with Gasteiger partial charge in [0.15, 0.2) is 0 Å². The molecule has 140 valence electrons. The molecular weight excluding hydrogens is 364 g/mol. The Morgan fingerprint density at radius 2 is 1.92 bits per heavy atom. The maximum Gasteiger partial charge on any atom is 0.323 e. The summed E-state index contributed by atoms with van der Waals surface area (Å²) in [7, 11) is -3.60. The van der Waals surface area contributed by atoms with E-state index in [2.05, 4.69) is 6.92 Å². The van der Waals surface area contributed by atoms with E-state index in [0.29, 0.717) is 19.0 Å². The summed E-state index contributed by atoms with van der Waals surface area (Å²) in [5.74, 6) is -1.05. The molecule has 1 aromatic rings. The highest BCUT2D eigenvalue weighted by molar-refractivity contribution is 7.91. The van der Waals surface area contributed by atoms with Gasteiger partial charge in [0.2, 0.25) is 0 Å². The van der Waals surface area contributed by atoms with Gasteiger partial charge in [-0.3, -0.25) is 9.59 Å². The van der Waals surface area contributed by atoms with Gasteiger partial charge in [0.25, 0.3) is 15.9 Å². The van der Waals surface area contributed by atoms with Gasteiger partial charge in [-0.05, 0) is 44.7 Å². The molecule has 2 heterocycles. The van der Waals surface area contributed by atoms with Crippen LogP contribution >= 0.6 is 11.3 Å². The van der Waals surface area contributed by atoms with Crippen molar-refractivity contribution in [3.05, 3.63) is 17.0 Å². The van der Waals surface area contributed by atoms with Crippen LogP contribution < -0.4 is 0 Å². The second-order valence-corrected chi connectivity index (χ2v) is 9.87. The summed E-state index contributed by atoms with van der Waals surface area (Å²) in [6.07, 6.45) is 1.66. The highest BCUT2D eigenvalue weighted by atomic mass is 32.2. The van der Waals surface area contributed by atoms with Crippen molar-refractivity contribution >= 4 is 33.2 Å². The van der Waals surface area contributed by atoms with Crippen molar-refractivity contribution in [2.45, 2.75) is 43.9 Å². The number of nitrogens with zero attached hydrogens (tertiary/aromatic N) is 2. The van der Waals surface area contributed by atoms with E-state index >= 15 is 0 Å². The Morgan fingerprint density at radius 3 is 2.44 bits per heavy atom. The van der Waals surface area contributed by atoms with Gasteiger partial charge in [0, 0.05) is 19.1 Å². The second-order valence-electron chi connectivity index (χ2n) is 6.63. The predicted molar refractivity (Wildman–Crippen MR) is 95.3 cm³/mol. The summed E-state index contributed by atoms with van der Waals surface area (Å²) in [6.45, 7) is 6.11. The average molecular weight is 389 g/mol. The molecule has 1 amide bonds. The van der Waals surface area contributed by atoms with E-state index in [0.717, 1.165) is 24.2 Å². The highest BCUT2D eigenvalue weighted by Crippen LogP contribution is 2.29. The third kappa shape index (κ3) is 4.59. The second kappa shape index (κ2) is 7.84. The summed E-state index contributed by atoms with van der Waals surface area (Å²) >= 11 is 0.901. The smallest absolute Gasteiger partial charge is 0.323 e. The van der Waals surface area contributed by atoms with Crippen LogP contribution in [0.1, 0.15) is 43.3 Å². The first-order valence-corrected chi connectivity index (χ1v) is 10.5. The van der Waals surface area contributed by atoms with Crippen molar-refractivity contribution in [1.82, 2.24) is 9.21 Å². The molecule has 0 radical (unpaired) electrons. The van der Waals surface area contributed by atoms with E-state index in [4.69, 9.17) is 5.11 Å². The number of piperidine rings is 1. The molecule has 0 atom stereocenters. The zero-order valence-electron chi connectivity index (χ0n) is 14.6. The van der Waals surface area contributed by atoms with Crippen molar-refractivity contribution < 1.29 is 23.1 Å². The summed E-state index contributed by atoms with van der Waals surface area (Å²) < 4.78 is 27.0. The third-order valence-electron chi connectivity index (χ3n) is 4.32. The van der Waals surface area contributed by atoms with Crippen molar-refractivity contribution in [2.75, 3.05) is 19.6 Å². The number of amides is 1. The zero-order chi connectivity index (χ0) is 18.8. The number of hydrogen-bond acceptors (Lipinski definition) is 5. The number of rotatable bonds is 6. The Kier molecular flexibility index (Phi) is 6.23. The normalized spacial score (nSPS) is 17.0. The fourth-order valence-electron chi connectivity index (χ4n) is 2.70. The van der Waals surface area contributed by atoms with Gasteiger partial charge < -0.3 is 10.0 Å². The molecule has 7 nitrogen and oxygen atoms in total. The number of carbonyl (C=O) groups is 2. The summed E-state index contributed by atoms with van der Waals surface area (Å²) in [5, 5.41) is 8.96. The van der Waals surface area contributed by atoms with Crippen LogP contribution in [0.4, 0.5) is 0 Å². The maximum absolute atomic E-state index is 12.7. The number of carbonyl (C=O) groups excluding carboxylic acids is 1. The molecule has 1 aliphatic heterocycles. The van der Waals surface area contributed by atoms with Crippen LogP contribution in [0.5, 0.6) is 0 Å². The minimum atomic E-state index is -3.60. The van der Waals surface area contributed by atoms with E-state index < -0.39 is 28.4 Å². The van der Waals surface area contributed by atoms with Crippen LogP contribution in [0.2, 0.25) is 0 Å². The van der Waals surface area contributed by atoms with E-state index in [1.54, 1.807) is 13.8 Å². The third-order valence-corrected chi connectivity index (χ3v) is 7.76. The lowest BCUT2D eigenvalue weighted by Crippen LogP contribution is -2.40. The van der Waals surface area contributed by atoms with Crippen molar-refractivity contribution in [3.8, 4) is 0 Å². The topological polar surface area (TPSA) is 95.0 Å². The molecular formula is C16H24N2O5S2. The molecule has 0 bridgehead atoms. The first-order valence-electron chi connectivity index (χ1n) is 8.25. The van der Waals surface area contributed by atoms with Gasteiger partial charge >= 0.3 is 5.97 Å². The van der Waals surface area contributed by atoms with Crippen LogP contribution in [0.25, 0.3) is 0 Å². The van der Waals surface area contributed by atoms with E-state index in [9.17, 15) is 18.0 Å². The van der Waals surface area contributed by atoms with E-state index in [1.807, 2.05) is 0 Å². The lowest BCUT2D eigenvalue weighted by molar-refractivity contribution is -0.138. The largest absolute Gasteiger partial charge is 0.480 e. The van der Waals surface area contributed by atoms with Crippen LogP contribution in [0.3, 0.4) is 0 Å². The van der Waals surface area contributed by atoms with Gasteiger partial charge in [-0.2, -0.15) is 4.31 Å². The molecule has 9 heteroatoms. The summed E-state index contributed by atoms with van der Waals surface area (Å²) in [4.78, 5) is 25.0. The Hall–Kier alpha value is -1.45. The molecule has 0 unspecified atom stereocenters. The van der Waals surface area contributed by atoms with Crippen LogP contribution in [-0.2, 0) is 14.8 Å². The van der Waals surface area contributed by atoms with Gasteiger partial charge in [-0.25, -0.2) is 8.42 Å². The van der Waals surface area contributed by atoms with Crippen molar-refractivity contribution in [1.29, 1.82) is 0 Å². The molecule has 0 saturated carbocycles. The van der Waals surface area contributed by atoms with Crippen LogP contribution in [0, 0.1) is 5.92 Å². The first kappa shape index (κ1) is 19.9. The highest BCUT2D eigenvalue weighted by Gasteiger charge is 2.31. The molecule has 0 aliphatic carbocycles. The monoisotopic (exact) mass is 388 g/mol. The average Bonchev–Trinajstić information content (AvgIpc) is 3.02. The van der Waals surface area contributed by atoms with Gasteiger partial charge in [0.05, 0.1) is 4.88 Å². The van der Waals surface area contributed by atoms with Crippen molar-refractivity contribution in [2.24, 2.45) is 5.92 Å². The van der Waals surface area contributed by atoms with Crippen LogP contribution in [-0.4, -0.2) is 60.3 Å². The minimum Gasteiger partial charge on any atom is -0.480 e. The molecule has 0 spiro atoms. The lowest BCUT2D eigenvalue weighted by atomic mass is 10.0. The molecule has 25 heavy (non-hydrogen) atoms. The van der Waals surface area contributed by atoms with Gasteiger partial charge in [-0.1, -0.05) is 6.92 Å². The number of hydrogen-bond donors (Lipinski definition) is 1. The number of sulfonamides is 1.